The molecule has 3 rings (SSSR count). The van der Waals surface area contributed by atoms with Crippen LogP contribution in [0.1, 0.15) is 0 Å². The number of aromatic nitrogens is 2. The van der Waals surface area contributed by atoms with Crippen molar-refractivity contribution in [1.29, 1.82) is 0 Å². The van der Waals surface area contributed by atoms with E-state index in [0.717, 1.165) is 24.5 Å². The van der Waals surface area contributed by atoms with Gasteiger partial charge in [0.1, 0.15) is 0 Å². The first-order valence-corrected chi connectivity index (χ1v) is 7.28. The number of amides is 2. The lowest BCUT2D eigenvalue weighted by atomic mass is 10.3. The molecule has 22 heavy (non-hydrogen) atoms. The Morgan fingerprint density at radius 2 is 2.27 bits per heavy atom. The maximum Gasteiger partial charge on any atom is 0.319 e. The summed E-state index contributed by atoms with van der Waals surface area (Å²) in [6.07, 6.45) is 3.62. The normalized spacial score (nSPS) is 17.9. The van der Waals surface area contributed by atoms with E-state index in [4.69, 9.17) is 4.74 Å². The molecular formula is C15H19N5O2. The Hall–Kier alpha value is -2.38. The van der Waals surface area contributed by atoms with Crippen LogP contribution in [0.25, 0.3) is 5.69 Å². The van der Waals surface area contributed by atoms with Crippen LogP contribution in [0.2, 0.25) is 0 Å². The van der Waals surface area contributed by atoms with Gasteiger partial charge >= 0.3 is 6.03 Å². The number of ether oxygens (including phenoxy) is 1. The summed E-state index contributed by atoms with van der Waals surface area (Å²) < 4.78 is 7.28. The smallest absolute Gasteiger partial charge is 0.319 e. The Kier molecular flexibility index (Phi) is 4.67. The largest absolute Gasteiger partial charge is 0.374 e. The van der Waals surface area contributed by atoms with Crippen molar-refractivity contribution in [2.45, 2.75) is 6.10 Å². The summed E-state index contributed by atoms with van der Waals surface area (Å²) >= 11 is 0. The van der Waals surface area contributed by atoms with Crippen molar-refractivity contribution in [3.63, 3.8) is 0 Å². The van der Waals surface area contributed by atoms with E-state index in [2.05, 4.69) is 21.0 Å². The number of nitrogens with one attached hydrogen (secondary N) is 3. The van der Waals surface area contributed by atoms with Crippen LogP contribution in [0.4, 0.5) is 10.5 Å². The summed E-state index contributed by atoms with van der Waals surface area (Å²) in [5.74, 6) is 0. The molecule has 0 radical (unpaired) electrons. The van der Waals surface area contributed by atoms with Crippen LogP contribution in [0.3, 0.4) is 0 Å². The van der Waals surface area contributed by atoms with Crippen molar-refractivity contribution in [2.75, 3.05) is 31.6 Å². The lowest BCUT2D eigenvalue weighted by Crippen LogP contribution is -2.45. The molecule has 0 unspecified atom stereocenters. The van der Waals surface area contributed by atoms with Gasteiger partial charge in [-0.1, -0.05) is 0 Å². The molecule has 2 heterocycles. The number of carbonyl (C=O) groups excluding carboxylic acids is 1. The van der Waals surface area contributed by atoms with Crippen molar-refractivity contribution in [2.24, 2.45) is 0 Å². The minimum atomic E-state index is -0.235. The number of morpholine rings is 1. The maximum absolute atomic E-state index is 11.9. The maximum atomic E-state index is 11.9. The molecule has 1 saturated heterocycles. The second-order valence-corrected chi connectivity index (χ2v) is 5.03. The Balaban J connectivity index is 1.48. The molecule has 7 heteroatoms. The third-order valence-electron chi connectivity index (χ3n) is 3.39. The van der Waals surface area contributed by atoms with Gasteiger partial charge in [0, 0.05) is 37.7 Å². The predicted octanol–water partition coefficient (Wildman–Crippen LogP) is 0.982. The van der Waals surface area contributed by atoms with Gasteiger partial charge in [-0.05, 0) is 30.3 Å². The molecule has 1 aliphatic rings. The molecule has 1 atom stereocenters. The molecule has 0 saturated carbocycles. The molecule has 7 nitrogen and oxygen atoms in total. The summed E-state index contributed by atoms with van der Waals surface area (Å²) in [6, 6.07) is 9.11. The number of carbonyl (C=O) groups is 1. The van der Waals surface area contributed by atoms with E-state index in [9.17, 15) is 4.79 Å². The van der Waals surface area contributed by atoms with Gasteiger partial charge in [0.05, 0.1) is 18.4 Å². The molecule has 1 aromatic heterocycles. The summed E-state index contributed by atoms with van der Waals surface area (Å²) in [5, 5.41) is 13.0. The number of hydrogen-bond acceptors (Lipinski definition) is 4. The number of nitrogens with zero attached hydrogens (tertiary/aromatic N) is 2. The van der Waals surface area contributed by atoms with Crippen LogP contribution in [0.5, 0.6) is 0 Å². The number of rotatable bonds is 4. The van der Waals surface area contributed by atoms with Crippen molar-refractivity contribution in [3.8, 4) is 5.69 Å². The van der Waals surface area contributed by atoms with E-state index >= 15 is 0 Å². The minimum absolute atomic E-state index is 0.0293. The minimum Gasteiger partial charge on any atom is -0.374 e. The summed E-state index contributed by atoms with van der Waals surface area (Å²) in [5.41, 5.74) is 1.67. The highest BCUT2D eigenvalue weighted by atomic mass is 16.5. The highest BCUT2D eigenvalue weighted by Gasteiger charge is 2.14. The Morgan fingerprint density at radius 1 is 1.41 bits per heavy atom. The summed E-state index contributed by atoms with van der Waals surface area (Å²) in [4.78, 5) is 11.9. The molecule has 1 fully saturated rings. The molecule has 1 aromatic carbocycles. The third-order valence-corrected chi connectivity index (χ3v) is 3.39. The van der Waals surface area contributed by atoms with Crippen molar-refractivity contribution >= 4 is 11.7 Å². The first kappa shape index (κ1) is 14.6. The molecule has 0 bridgehead atoms. The zero-order chi connectivity index (χ0) is 15.2. The lowest BCUT2D eigenvalue weighted by molar-refractivity contribution is 0.0310. The van der Waals surface area contributed by atoms with E-state index in [1.165, 1.54) is 0 Å². The van der Waals surface area contributed by atoms with E-state index in [0.29, 0.717) is 13.2 Å². The standard InChI is InChI=1S/C15H19N5O2/c21-15(17-11-14-10-16-7-9-22-14)19-12-2-4-13(5-3-12)20-8-1-6-18-20/h1-6,8,14,16H,7,9-11H2,(H2,17,19,21)/t14-/m0/s1. The van der Waals surface area contributed by atoms with E-state index < -0.39 is 0 Å². The van der Waals surface area contributed by atoms with Gasteiger partial charge in [-0.2, -0.15) is 5.10 Å². The van der Waals surface area contributed by atoms with Crippen molar-refractivity contribution < 1.29 is 9.53 Å². The number of urea groups is 1. The van der Waals surface area contributed by atoms with Crippen LogP contribution in [-0.2, 0) is 4.74 Å². The van der Waals surface area contributed by atoms with E-state index in [1.807, 2.05) is 36.5 Å². The number of anilines is 1. The fourth-order valence-electron chi connectivity index (χ4n) is 2.25. The third kappa shape index (κ3) is 3.84. The second kappa shape index (κ2) is 7.06. The second-order valence-electron chi connectivity index (χ2n) is 5.03. The zero-order valence-electron chi connectivity index (χ0n) is 12.2. The highest BCUT2D eigenvalue weighted by Crippen LogP contribution is 2.12. The topological polar surface area (TPSA) is 80.2 Å². The van der Waals surface area contributed by atoms with Crippen LogP contribution in [-0.4, -0.2) is 48.2 Å². The fraction of sp³-hybridized carbons (Fsp3) is 0.333. The first-order valence-electron chi connectivity index (χ1n) is 7.28. The van der Waals surface area contributed by atoms with Gasteiger partial charge < -0.3 is 20.7 Å². The zero-order valence-corrected chi connectivity index (χ0v) is 12.2. The van der Waals surface area contributed by atoms with Gasteiger partial charge in [0.25, 0.3) is 0 Å². The molecule has 2 aromatic rings. The molecule has 0 aliphatic carbocycles. The van der Waals surface area contributed by atoms with Crippen LogP contribution in [0.15, 0.2) is 42.7 Å². The highest BCUT2D eigenvalue weighted by molar-refractivity contribution is 5.89. The summed E-state index contributed by atoms with van der Waals surface area (Å²) in [7, 11) is 0. The average Bonchev–Trinajstić information content (AvgIpc) is 3.09. The monoisotopic (exact) mass is 301 g/mol. The lowest BCUT2D eigenvalue weighted by Gasteiger charge is -2.23. The van der Waals surface area contributed by atoms with E-state index in [1.54, 1.807) is 10.9 Å². The average molecular weight is 301 g/mol. The molecular weight excluding hydrogens is 282 g/mol. The van der Waals surface area contributed by atoms with Gasteiger partial charge in [0.15, 0.2) is 0 Å². The van der Waals surface area contributed by atoms with Crippen molar-refractivity contribution in [1.82, 2.24) is 20.4 Å². The molecule has 116 valence electrons. The number of hydrogen-bond donors (Lipinski definition) is 3. The quantitative estimate of drug-likeness (QED) is 0.786. The van der Waals surface area contributed by atoms with Crippen LogP contribution < -0.4 is 16.0 Å². The van der Waals surface area contributed by atoms with Crippen molar-refractivity contribution in [3.05, 3.63) is 42.7 Å². The van der Waals surface area contributed by atoms with Gasteiger partial charge in [-0.15, -0.1) is 0 Å². The molecule has 1 aliphatic heterocycles. The number of benzene rings is 1. The molecule has 3 N–H and O–H groups in total. The Morgan fingerprint density at radius 3 is 2.95 bits per heavy atom. The van der Waals surface area contributed by atoms with E-state index in [-0.39, 0.29) is 12.1 Å². The fourth-order valence-corrected chi connectivity index (χ4v) is 2.25. The SMILES string of the molecule is O=C(NC[C@@H]1CNCCO1)Nc1ccc(-n2cccn2)cc1. The van der Waals surface area contributed by atoms with Gasteiger partial charge in [0.2, 0.25) is 0 Å². The van der Waals surface area contributed by atoms with Gasteiger partial charge in [-0.25, -0.2) is 9.48 Å². The molecule has 2 amide bonds. The predicted molar refractivity (Wildman–Crippen MR) is 83.2 cm³/mol. The summed E-state index contributed by atoms with van der Waals surface area (Å²) in [6.45, 7) is 2.80. The van der Waals surface area contributed by atoms with Gasteiger partial charge in [-0.3, -0.25) is 0 Å². The Labute approximate surface area is 128 Å². The van der Waals surface area contributed by atoms with Crippen LogP contribution >= 0.6 is 0 Å². The molecule has 0 spiro atoms. The Bertz CT molecular complexity index is 591. The van der Waals surface area contributed by atoms with Crippen LogP contribution in [0, 0.1) is 0 Å². The first-order chi connectivity index (χ1) is 10.8.